The zero-order valence-corrected chi connectivity index (χ0v) is 15.8. The van der Waals surface area contributed by atoms with Crippen LogP contribution in [0.4, 0.5) is 0 Å². The minimum absolute atomic E-state index is 0.0623. The van der Waals surface area contributed by atoms with E-state index in [0.29, 0.717) is 11.7 Å². The predicted octanol–water partition coefficient (Wildman–Crippen LogP) is 3.75. The van der Waals surface area contributed by atoms with Gasteiger partial charge in [0, 0.05) is 50.1 Å². The van der Waals surface area contributed by atoms with Gasteiger partial charge in [-0.15, -0.1) is 0 Å². The van der Waals surface area contributed by atoms with Crippen molar-refractivity contribution < 1.29 is 4.79 Å². The first-order valence-electron chi connectivity index (χ1n) is 8.59. The van der Waals surface area contributed by atoms with Gasteiger partial charge in [-0.1, -0.05) is 31.0 Å². The van der Waals surface area contributed by atoms with Crippen molar-refractivity contribution in [2.45, 2.75) is 39.7 Å². The number of hydrogen-bond donors (Lipinski definition) is 0. The van der Waals surface area contributed by atoms with Crippen LogP contribution in [-0.4, -0.2) is 39.2 Å². The first-order valence-corrected chi connectivity index (χ1v) is 8.96. The summed E-state index contributed by atoms with van der Waals surface area (Å²) in [4.78, 5) is 18.2. The van der Waals surface area contributed by atoms with Crippen molar-refractivity contribution >= 4 is 23.6 Å². The van der Waals surface area contributed by atoms with Crippen LogP contribution in [0.25, 0.3) is 6.08 Å². The number of carbonyl (C=O) groups is 1. The lowest BCUT2D eigenvalue weighted by Gasteiger charge is -2.14. The molecule has 0 atom stereocenters. The molecular formula is C19H25ClN4O. The third-order valence-corrected chi connectivity index (χ3v) is 4.43. The molecule has 2 heterocycles. The van der Waals surface area contributed by atoms with Crippen LogP contribution in [-0.2, 0) is 17.8 Å². The van der Waals surface area contributed by atoms with Crippen LogP contribution < -0.4 is 0 Å². The molecule has 5 nitrogen and oxygen atoms in total. The van der Waals surface area contributed by atoms with E-state index in [4.69, 9.17) is 11.6 Å². The van der Waals surface area contributed by atoms with E-state index in [1.165, 1.54) is 0 Å². The number of amides is 1. The molecule has 0 spiro atoms. The van der Waals surface area contributed by atoms with Crippen LogP contribution in [0.1, 0.15) is 36.7 Å². The number of hydrogen-bond acceptors (Lipinski definition) is 3. The van der Waals surface area contributed by atoms with Crippen LogP contribution >= 0.6 is 11.6 Å². The molecule has 2 rings (SSSR count). The van der Waals surface area contributed by atoms with E-state index >= 15 is 0 Å². The summed E-state index contributed by atoms with van der Waals surface area (Å²) in [5, 5.41) is 5.04. The second kappa shape index (κ2) is 9.37. The molecule has 1 amide bonds. The van der Waals surface area contributed by atoms with Crippen molar-refractivity contribution in [2.24, 2.45) is 0 Å². The van der Waals surface area contributed by atoms with Crippen LogP contribution in [0.3, 0.4) is 0 Å². The average molecular weight is 361 g/mol. The zero-order valence-electron chi connectivity index (χ0n) is 15.1. The highest BCUT2D eigenvalue weighted by molar-refractivity contribution is 6.31. The van der Waals surface area contributed by atoms with E-state index in [0.717, 1.165) is 42.8 Å². The Morgan fingerprint density at radius 2 is 2.20 bits per heavy atom. The van der Waals surface area contributed by atoms with Gasteiger partial charge in [0.15, 0.2) is 0 Å². The van der Waals surface area contributed by atoms with E-state index < -0.39 is 0 Å². The molecule has 0 aliphatic rings. The number of aryl methyl sites for hydroxylation is 2. The highest BCUT2D eigenvalue weighted by Gasteiger charge is 2.12. The second-order valence-corrected chi connectivity index (χ2v) is 6.39. The molecule has 25 heavy (non-hydrogen) atoms. The Morgan fingerprint density at radius 3 is 2.88 bits per heavy atom. The SMILES string of the molecule is CCCCn1nc(C)c(/C=C/C(=O)N(C)CCc2ccccn2)c1Cl. The van der Waals surface area contributed by atoms with Crippen molar-refractivity contribution in [3.8, 4) is 0 Å². The van der Waals surface area contributed by atoms with Gasteiger partial charge in [0.2, 0.25) is 5.91 Å². The smallest absolute Gasteiger partial charge is 0.246 e. The number of unbranched alkanes of at least 4 members (excludes halogenated alkanes) is 1. The summed E-state index contributed by atoms with van der Waals surface area (Å²) in [6.07, 6.45) is 7.91. The van der Waals surface area contributed by atoms with Gasteiger partial charge < -0.3 is 4.90 Å². The summed E-state index contributed by atoms with van der Waals surface area (Å²) < 4.78 is 1.80. The maximum absolute atomic E-state index is 12.3. The van der Waals surface area contributed by atoms with E-state index in [2.05, 4.69) is 17.0 Å². The van der Waals surface area contributed by atoms with Crippen molar-refractivity contribution in [3.63, 3.8) is 0 Å². The van der Waals surface area contributed by atoms with Crippen LogP contribution in [0.2, 0.25) is 5.15 Å². The topological polar surface area (TPSA) is 51.0 Å². The van der Waals surface area contributed by atoms with Crippen molar-refractivity contribution in [1.82, 2.24) is 19.7 Å². The highest BCUT2D eigenvalue weighted by atomic mass is 35.5. The third kappa shape index (κ3) is 5.43. The summed E-state index contributed by atoms with van der Waals surface area (Å²) in [7, 11) is 1.79. The number of carbonyl (C=O) groups excluding carboxylic acids is 1. The fourth-order valence-corrected chi connectivity index (χ4v) is 2.75. The van der Waals surface area contributed by atoms with Crippen LogP contribution in [0, 0.1) is 6.92 Å². The Balaban J connectivity index is 1.96. The Kier molecular flexibility index (Phi) is 7.19. The molecule has 0 aliphatic heterocycles. The van der Waals surface area contributed by atoms with Crippen molar-refractivity contribution in [1.29, 1.82) is 0 Å². The first-order chi connectivity index (χ1) is 12.0. The highest BCUT2D eigenvalue weighted by Crippen LogP contribution is 2.21. The van der Waals surface area contributed by atoms with Gasteiger partial charge in [0.05, 0.1) is 5.69 Å². The molecule has 0 bridgehead atoms. The summed E-state index contributed by atoms with van der Waals surface area (Å²) in [6, 6.07) is 5.79. The molecule has 0 radical (unpaired) electrons. The van der Waals surface area contributed by atoms with E-state index in [-0.39, 0.29) is 5.91 Å². The molecule has 134 valence electrons. The number of halogens is 1. The Morgan fingerprint density at radius 1 is 1.40 bits per heavy atom. The molecule has 2 aromatic heterocycles. The van der Waals surface area contributed by atoms with E-state index in [9.17, 15) is 4.79 Å². The van der Waals surface area contributed by atoms with Crippen molar-refractivity contribution in [2.75, 3.05) is 13.6 Å². The zero-order chi connectivity index (χ0) is 18.2. The van der Waals surface area contributed by atoms with Crippen LogP contribution in [0.15, 0.2) is 30.5 Å². The Labute approximate surface area is 154 Å². The fraction of sp³-hybridized carbons (Fsp3) is 0.421. The number of rotatable bonds is 8. The van der Waals surface area contributed by atoms with E-state index in [1.807, 2.05) is 25.1 Å². The van der Waals surface area contributed by atoms with Gasteiger partial charge >= 0.3 is 0 Å². The Hall–Kier alpha value is -2.14. The average Bonchev–Trinajstić information content (AvgIpc) is 2.90. The molecule has 0 unspecified atom stereocenters. The molecule has 0 fully saturated rings. The van der Waals surface area contributed by atoms with Crippen molar-refractivity contribution in [3.05, 3.63) is 52.6 Å². The standard InChI is InChI=1S/C19H25ClN4O/c1-4-5-13-24-19(20)17(15(2)22-24)9-10-18(25)23(3)14-11-16-8-6-7-12-21-16/h6-10,12H,4-5,11,13-14H2,1-3H3/b10-9+. The number of pyridine rings is 1. The maximum Gasteiger partial charge on any atom is 0.246 e. The lowest BCUT2D eigenvalue weighted by atomic mass is 10.2. The molecule has 2 aromatic rings. The Bertz CT molecular complexity index is 725. The predicted molar refractivity (Wildman–Crippen MR) is 101 cm³/mol. The monoisotopic (exact) mass is 360 g/mol. The summed E-state index contributed by atoms with van der Waals surface area (Å²) in [6.45, 7) is 5.44. The van der Waals surface area contributed by atoms with Gasteiger partial charge in [-0.3, -0.25) is 14.5 Å². The number of aromatic nitrogens is 3. The fourth-order valence-electron chi connectivity index (χ4n) is 2.43. The molecule has 0 saturated carbocycles. The van der Waals surface area contributed by atoms with Gasteiger partial charge in [0.1, 0.15) is 5.15 Å². The largest absolute Gasteiger partial charge is 0.342 e. The summed E-state index contributed by atoms with van der Waals surface area (Å²) in [5.74, 6) is -0.0623. The van der Waals surface area contributed by atoms with Gasteiger partial charge in [-0.2, -0.15) is 5.10 Å². The lowest BCUT2D eigenvalue weighted by molar-refractivity contribution is -0.124. The quantitative estimate of drug-likeness (QED) is 0.673. The first kappa shape index (κ1) is 19.2. The molecule has 0 N–H and O–H groups in total. The lowest BCUT2D eigenvalue weighted by Crippen LogP contribution is -2.27. The molecule has 0 aliphatic carbocycles. The third-order valence-electron chi connectivity index (χ3n) is 4.03. The van der Waals surface area contributed by atoms with E-state index in [1.54, 1.807) is 35.0 Å². The summed E-state index contributed by atoms with van der Waals surface area (Å²) >= 11 is 6.39. The molecule has 0 aromatic carbocycles. The molecule has 0 saturated heterocycles. The minimum atomic E-state index is -0.0623. The second-order valence-electron chi connectivity index (χ2n) is 6.03. The molecule has 6 heteroatoms. The van der Waals surface area contributed by atoms with Gasteiger partial charge in [-0.25, -0.2) is 0 Å². The maximum atomic E-state index is 12.3. The summed E-state index contributed by atoms with van der Waals surface area (Å²) in [5.41, 5.74) is 2.62. The van der Waals surface area contributed by atoms with Gasteiger partial charge in [-0.05, 0) is 31.6 Å². The number of nitrogens with zero attached hydrogens (tertiary/aromatic N) is 4. The molecular weight excluding hydrogens is 336 g/mol. The minimum Gasteiger partial charge on any atom is -0.342 e. The normalized spacial score (nSPS) is 11.2. The van der Waals surface area contributed by atoms with Gasteiger partial charge in [0.25, 0.3) is 0 Å². The number of likely N-dealkylation sites (N-methyl/N-ethyl adjacent to an activating group) is 1. The van der Waals surface area contributed by atoms with Crippen LogP contribution in [0.5, 0.6) is 0 Å².